The quantitative estimate of drug-likeness (QED) is 0.134. The number of nitrogens with one attached hydrogen (secondary N) is 1. The first-order valence-corrected chi connectivity index (χ1v) is 12.4. The second kappa shape index (κ2) is 6.48. The summed E-state index contributed by atoms with van der Waals surface area (Å²) >= 11 is 0. The lowest BCUT2D eigenvalue weighted by atomic mass is 9.81. The minimum absolute atomic E-state index is 0.0399. The van der Waals surface area contributed by atoms with Crippen LogP contribution in [0.2, 0.25) is 0 Å². The lowest BCUT2D eigenvalue weighted by Crippen LogP contribution is -2.98. The number of benzene rings is 4. The largest absolute Gasteiger partial charge is 0.629 e. The van der Waals surface area contributed by atoms with Gasteiger partial charge < -0.3 is 24.3 Å². The molecule has 6 nitrogen and oxygen atoms in total. The van der Waals surface area contributed by atoms with Crippen LogP contribution >= 0.6 is 0 Å². The minimum atomic E-state index is -0.286. The van der Waals surface area contributed by atoms with Gasteiger partial charge in [0.2, 0.25) is 5.69 Å². The predicted octanol–water partition coefficient (Wildman–Crippen LogP) is 6.38. The summed E-state index contributed by atoms with van der Waals surface area (Å²) in [4.78, 5) is 0. The van der Waals surface area contributed by atoms with Gasteiger partial charge in [-0.3, -0.25) is 0 Å². The van der Waals surface area contributed by atoms with E-state index in [4.69, 9.17) is 4.42 Å². The average Bonchev–Trinajstić information content (AvgIpc) is 3.56. The van der Waals surface area contributed by atoms with Crippen LogP contribution in [0.25, 0.3) is 60.4 Å². The molecule has 0 amide bonds. The van der Waals surface area contributed by atoms with Gasteiger partial charge in [-0.2, -0.15) is 4.74 Å². The third-order valence-electron chi connectivity index (χ3n) is 8.33. The van der Waals surface area contributed by atoms with E-state index in [1.807, 2.05) is 36.4 Å². The second-order valence-electron chi connectivity index (χ2n) is 10.7. The van der Waals surface area contributed by atoms with Crippen LogP contribution in [0, 0.1) is 10.4 Å². The fourth-order valence-corrected chi connectivity index (χ4v) is 6.70. The van der Waals surface area contributed by atoms with Gasteiger partial charge >= 0.3 is 0 Å². The average molecular weight is 486 g/mol. The molecule has 0 radical (unpaired) electrons. The molecular weight excluding hydrogens is 462 g/mol. The smallest absolute Gasteiger partial charge is 0.225 e. The van der Waals surface area contributed by atoms with E-state index in [1.54, 1.807) is 7.05 Å². The SMILES string of the molecule is C=[N+]([O-])c1ccc2c3oc4cc5cc([NH+](C)[O-])ccc5cc4c3n3c4c(c1c23)C(C)(C)c1ccccc1-4. The van der Waals surface area contributed by atoms with Crippen LogP contribution in [0.3, 0.4) is 0 Å². The summed E-state index contributed by atoms with van der Waals surface area (Å²) in [6, 6.07) is 22.3. The van der Waals surface area contributed by atoms with E-state index in [-0.39, 0.29) is 10.5 Å². The molecule has 3 heterocycles. The number of rotatable bonds is 2. The Bertz CT molecular complexity index is 2130. The van der Waals surface area contributed by atoms with Crippen molar-refractivity contribution >= 4 is 67.2 Å². The number of quaternary nitrogens is 1. The van der Waals surface area contributed by atoms with Gasteiger partial charge in [-0.15, -0.1) is 0 Å². The van der Waals surface area contributed by atoms with Crippen LogP contribution in [0.1, 0.15) is 25.0 Å². The molecular formula is C31H23N3O3. The molecule has 1 N–H and O–H groups in total. The highest BCUT2D eigenvalue weighted by molar-refractivity contribution is 6.24. The molecule has 6 heteroatoms. The molecule has 0 fully saturated rings. The van der Waals surface area contributed by atoms with Crippen molar-refractivity contribution in [2.75, 3.05) is 7.05 Å². The molecule has 1 unspecified atom stereocenters. The molecule has 3 aromatic heterocycles. The van der Waals surface area contributed by atoms with E-state index >= 15 is 0 Å². The van der Waals surface area contributed by atoms with Crippen molar-refractivity contribution < 1.29 is 14.2 Å². The number of aromatic nitrogens is 1. The summed E-state index contributed by atoms with van der Waals surface area (Å²) in [6.45, 7) is 8.16. The van der Waals surface area contributed by atoms with E-state index in [9.17, 15) is 10.4 Å². The molecule has 1 atom stereocenters. The highest BCUT2D eigenvalue weighted by Gasteiger charge is 2.43. The van der Waals surface area contributed by atoms with Crippen LogP contribution in [0.5, 0.6) is 0 Å². The Balaban J connectivity index is 1.61. The molecule has 0 aliphatic heterocycles. The van der Waals surface area contributed by atoms with Crippen molar-refractivity contribution in [3.8, 4) is 11.3 Å². The maximum Gasteiger partial charge on any atom is 0.225 e. The van der Waals surface area contributed by atoms with E-state index in [0.717, 1.165) is 65.1 Å². The highest BCUT2D eigenvalue weighted by atomic mass is 16.5. The Morgan fingerprint density at radius 2 is 1.76 bits per heavy atom. The zero-order valence-corrected chi connectivity index (χ0v) is 20.7. The number of nitrogens with zero attached hydrogens (tertiary/aromatic N) is 2. The van der Waals surface area contributed by atoms with Gasteiger partial charge in [-0.05, 0) is 46.7 Å². The van der Waals surface area contributed by atoms with Gasteiger partial charge in [0.1, 0.15) is 23.5 Å². The fourth-order valence-electron chi connectivity index (χ4n) is 6.70. The monoisotopic (exact) mass is 485 g/mol. The third-order valence-corrected chi connectivity index (χ3v) is 8.33. The van der Waals surface area contributed by atoms with Gasteiger partial charge in [0.25, 0.3) is 0 Å². The normalized spacial score (nSPS) is 15.4. The second-order valence-corrected chi connectivity index (χ2v) is 10.7. The molecule has 0 saturated heterocycles. The number of hydrogen-bond acceptors (Lipinski definition) is 3. The predicted molar refractivity (Wildman–Crippen MR) is 149 cm³/mol. The topological polar surface area (TPSA) is 71.1 Å². The van der Waals surface area contributed by atoms with Crippen LogP contribution in [0.4, 0.5) is 11.4 Å². The summed E-state index contributed by atoms with van der Waals surface area (Å²) in [6.07, 6.45) is 0. The van der Waals surface area contributed by atoms with Gasteiger partial charge in [0.05, 0.1) is 23.6 Å². The van der Waals surface area contributed by atoms with Crippen LogP contribution < -0.4 is 5.06 Å². The Kier molecular flexibility index (Phi) is 3.64. The van der Waals surface area contributed by atoms with Crippen LogP contribution in [-0.4, -0.2) is 22.9 Å². The van der Waals surface area contributed by atoms with Gasteiger partial charge in [0, 0.05) is 39.4 Å². The number of furan rings is 1. The lowest BCUT2D eigenvalue weighted by molar-refractivity contribution is -0.751. The lowest BCUT2D eigenvalue weighted by Gasteiger charge is -2.21. The Hall–Kier alpha value is -4.39. The van der Waals surface area contributed by atoms with Crippen molar-refractivity contribution in [2.24, 2.45) is 0 Å². The Morgan fingerprint density at radius 3 is 2.54 bits per heavy atom. The molecule has 1 aliphatic rings. The maximum absolute atomic E-state index is 12.7. The molecule has 0 bridgehead atoms. The van der Waals surface area contributed by atoms with Gasteiger partial charge in [0.15, 0.2) is 5.58 Å². The summed E-state index contributed by atoms with van der Waals surface area (Å²) < 4.78 is 9.56. The Labute approximate surface area is 211 Å². The minimum Gasteiger partial charge on any atom is -0.629 e. The first-order valence-electron chi connectivity index (χ1n) is 12.4. The van der Waals surface area contributed by atoms with E-state index in [2.05, 4.69) is 55.3 Å². The first-order chi connectivity index (χ1) is 17.8. The standard InChI is InChI=1S/C31H23N3O3/c1-31(2)22-8-6-5-7-19(22)28-26(31)25-23(33(4)36)12-11-20-27(25)34(28)29-21-14-16-9-10-18(32(3)35)13-17(16)15-24(21)37-30(20)29/h5-15,32H,4H2,1-3H3. The van der Waals surface area contributed by atoms with E-state index in [1.165, 1.54) is 11.1 Å². The Morgan fingerprint density at radius 1 is 0.946 bits per heavy atom. The van der Waals surface area contributed by atoms with Crippen molar-refractivity contribution in [3.05, 3.63) is 88.3 Å². The van der Waals surface area contributed by atoms with Gasteiger partial charge in [-0.1, -0.05) is 38.1 Å². The van der Waals surface area contributed by atoms with Crippen molar-refractivity contribution in [1.82, 2.24) is 4.40 Å². The summed E-state index contributed by atoms with van der Waals surface area (Å²) in [5.41, 5.74) is 9.21. The zero-order chi connectivity index (χ0) is 25.4. The molecule has 1 aliphatic carbocycles. The first kappa shape index (κ1) is 20.8. The van der Waals surface area contributed by atoms with Crippen molar-refractivity contribution in [3.63, 3.8) is 0 Å². The van der Waals surface area contributed by atoms with Crippen LogP contribution in [-0.2, 0) is 5.41 Å². The third kappa shape index (κ3) is 2.35. The number of hydroxylamine groups is 1. The molecule has 4 aromatic carbocycles. The molecule has 37 heavy (non-hydrogen) atoms. The number of fused-ring (bicyclic) bond motifs is 11. The summed E-state index contributed by atoms with van der Waals surface area (Å²) in [5, 5.41) is 29.6. The highest BCUT2D eigenvalue weighted by Crippen LogP contribution is 2.57. The van der Waals surface area contributed by atoms with E-state index in [0.29, 0.717) is 11.4 Å². The van der Waals surface area contributed by atoms with E-state index < -0.39 is 0 Å². The van der Waals surface area contributed by atoms with Crippen LogP contribution in [0.15, 0.2) is 71.1 Å². The van der Waals surface area contributed by atoms with Crippen molar-refractivity contribution in [2.45, 2.75) is 19.3 Å². The fraction of sp³-hybridized carbons (Fsp3) is 0.129. The molecule has 180 valence electrons. The molecule has 7 aromatic rings. The number of hydrogen-bond donors (Lipinski definition) is 1. The zero-order valence-electron chi connectivity index (χ0n) is 20.7. The molecule has 8 rings (SSSR count). The molecule has 0 saturated carbocycles. The van der Waals surface area contributed by atoms with Gasteiger partial charge in [-0.25, -0.2) is 0 Å². The maximum atomic E-state index is 12.7. The van der Waals surface area contributed by atoms with Crippen molar-refractivity contribution in [1.29, 1.82) is 0 Å². The molecule has 0 spiro atoms. The summed E-state index contributed by atoms with van der Waals surface area (Å²) in [7, 11) is 1.58. The summed E-state index contributed by atoms with van der Waals surface area (Å²) in [5.74, 6) is 0.